The van der Waals surface area contributed by atoms with Crippen molar-refractivity contribution in [2.75, 3.05) is 23.3 Å². The highest BCUT2D eigenvalue weighted by Crippen LogP contribution is 2.32. The molecule has 2 aliphatic rings. The third-order valence-electron chi connectivity index (χ3n) is 5.65. The van der Waals surface area contributed by atoms with E-state index in [1.165, 1.54) is 10.5 Å². The molecular formula is C23H25N3O3. The Morgan fingerprint density at radius 2 is 1.83 bits per heavy atom. The summed E-state index contributed by atoms with van der Waals surface area (Å²) in [5.74, 6) is -0.197. The number of para-hydroxylation sites is 1. The maximum absolute atomic E-state index is 13.2. The molecule has 3 amide bonds. The zero-order valence-electron chi connectivity index (χ0n) is 16.7. The van der Waals surface area contributed by atoms with Crippen LogP contribution in [0.3, 0.4) is 0 Å². The number of anilines is 2. The van der Waals surface area contributed by atoms with Gasteiger partial charge in [-0.2, -0.15) is 0 Å². The van der Waals surface area contributed by atoms with Gasteiger partial charge < -0.3 is 15.1 Å². The van der Waals surface area contributed by atoms with Gasteiger partial charge in [-0.15, -0.1) is 0 Å². The molecule has 0 aromatic heterocycles. The highest BCUT2D eigenvalue weighted by molar-refractivity contribution is 6.13. The second kappa shape index (κ2) is 7.70. The van der Waals surface area contributed by atoms with E-state index in [0.29, 0.717) is 35.8 Å². The zero-order valence-corrected chi connectivity index (χ0v) is 16.7. The van der Waals surface area contributed by atoms with Gasteiger partial charge in [0.25, 0.3) is 5.91 Å². The highest BCUT2D eigenvalue weighted by atomic mass is 16.2. The SMILES string of the molecule is CC(C)c1ccc(NC(=O)CN2C(=O)C3CCCN3C(=O)c3ccccc32)cc1. The maximum atomic E-state index is 13.2. The van der Waals surface area contributed by atoms with Gasteiger partial charge in [0.05, 0.1) is 11.3 Å². The molecule has 2 aromatic rings. The number of carbonyl (C=O) groups is 3. The number of benzene rings is 2. The Bertz CT molecular complexity index is 952. The number of carbonyl (C=O) groups excluding carboxylic acids is 3. The fourth-order valence-electron chi connectivity index (χ4n) is 4.07. The second-order valence-electron chi connectivity index (χ2n) is 7.92. The number of hydrogen-bond acceptors (Lipinski definition) is 3. The zero-order chi connectivity index (χ0) is 20.5. The topological polar surface area (TPSA) is 69.7 Å². The van der Waals surface area contributed by atoms with E-state index in [9.17, 15) is 14.4 Å². The van der Waals surface area contributed by atoms with Crippen molar-refractivity contribution in [3.8, 4) is 0 Å². The van der Waals surface area contributed by atoms with Crippen molar-refractivity contribution in [1.82, 2.24) is 4.90 Å². The molecular weight excluding hydrogens is 366 g/mol. The van der Waals surface area contributed by atoms with Gasteiger partial charge in [0.2, 0.25) is 11.8 Å². The molecule has 0 spiro atoms. The fourth-order valence-corrected chi connectivity index (χ4v) is 4.07. The Morgan fingerprint density at radius 1 is 1.10 bits per heavy atom. The van der Waals surface area contributed by atoms with E-state index in [1.54, 1.807) is 29.2 Å². The lowest BCUT2D eigenvalue weighted by atomic mass is 10.0. The lowest BCUT2D eigenvalue weighted by Gasteiger charge is -2.25. The minimum atomic E-state index is -0.493. The number of fused-ring (bicyclic) bond motifs is 2. The van der Waals surface area contributed by atoms with Crippen LogP contribution < -0.4 is 10.2 Å². The molecule has 2 heterocycles. The van der Waals surface area contributed by atoms with Crippen LogP contribution in [-0.2, 0) is 9.59 Å². The van der Waals surface area contributed by atoms with Crippen LogP contribution in [0, 0.1) is 0 Å². The molecule has 0 radical (unpaired) electrons. The molecule has 1 N–H and O–H groups in total. The van der Waals surface area contributed by atoms with E-state index in [4.69, 9.17) is 0 Å². The Balaban J connectivity index is 1.57. The molecule has 0 saturated carbocycles. The Hall–Kier alpha value is -3.15. The molecule has 0 bridgehead atoms. The van der Waals surface area contributed by atoms with Gasteiger partial charge in [-0.3, -0.25) is 14.4 Å². The van der Waals surface area contributed by atoms with Crippen LogP contribution in [-0.4, -0.2) is 41.8 Å². The fraction of sp³-hybridized carbons (Fsp3) is 0.348. The van der Waals surface area contributed by atoms with Crippen molar-refractivity contribution in [3.63, 3.8) is 0 Å². The first-order valence-corrected chi connectivity index (χ1v) is 10.1. The predicted molar refractivity (Wildman–Crippen MR) is 112 cm³/mol. The molecule has 150 valence electrons. The smallest absolute Gasteiger partial charge is 0.256 e. The van der Waals surface area contributed by atoms with E-state index < -0.39 is 6.04 Å². The summed E-state index contributed by atoms with van der Waals surface area (Å²) in [7, 11) is 0. The minimum Gasteiger partial charge on any atom is -0.327 e. The third kappa shape index (κ3) is 3.62. The van der Waals surface area contributed by atoms with Crippen LogP contribution >= 0.6 is 0 Å². The number of nitrogens with zero attached hydrogens (tertiary/aromatic N) is 2. The number of hydrogen-bond donors (Lipinski definition) is 1. The molecule has 0 aliphatic carbocycles. The molecule has 1 atom stereocenters. The van der Waals surface area contributed by atoms with E-state index in [2.05, 4.69) is 19.2 Å². The van der Waals surface area contributed by atoms with Crippen molar-refractivity contribution in [2.24, 2.45) is 0 Å². The lowest BCUT2D eigenvalue weighted by Crippen LogP contribution is -2.47. The van der Waals surface area contributed by atoms with Gasteiger partial charge in [-0.25, -0.2) is 0 Å². The van der Waals surface area contributed by atoms with Crippen molar-refractivity contribution in [3.05, 3.63) is 59.7 Å². The van der Waals surface area contributed by atoms with Gasteiger partial charge in [0.1, 0.15) is 12.6 Å². The summed E-state index contributed by atoms with van der Waals surface area (Å²) in [5, 5.41) is 2.87. The molecule has 6 heteroatoms. The summed E-state index contributed by atoms with van der Waals surface area (Å²) >= 11 is 0. The van der Waals surface area contributed by atoms with E-state index in [1.807, 2.05) is 24.3 Å². The summed E-state index contributed by atoms with van der Waals surface area (Å²) in [4.78, 5) is 42.0. The Morgan fingerprint density at radius 3 is 2.55 bits per heavy atom. The van der Waals surface area contributed by atoms with Crippen LogP contribution in [0.15, 0.2) is 48.5 Å². The average Bonchev–Trinajstić information content (AvgIpc) is 3.19. The average molecular weight is 391 g/mol. The van der Waals surface area contributed by atoms with Crippen molar-refractivity contribution >= 4 is 29.1 Å². The normalized spacial score (nSPS) is 18.5. The van der Waals surface area contributed by atoms with Crippen LogP contribution in [0.4, 0.5) is 11.4 Å². The summed E-state index contributed by atoms with van der Waals surface area (Å²) in [6.07, 6.45) is 1.43. The van der Waals surface area contributed by atoms with Crippen molar-refractivity contribution in [1.29, 1.82) is 0 Å². The molecule has 1 fully saturated rings. The van der Waals surface area contributed by atoms with Gasteiger partial charge in [-0.1, -0.05) is 38.1 Å². The van der Waals surface area contributed by atoms with Crippen LogP contribution in [0.25, 0.3) is 0 Å². The van der Waals surface area contributed by atoms with Gasteiger partial charge in [0.15, 0.2) is 0 Å². The van der Waals surface area contributed by atoms with E-state index in [0.717, 1.165) is 6.42 Å². The summed E-state index contributed by atoms with van der Waals surface area (Å²) < 4.78 is 0. The van der Waals surface area contributed by atoms with Gasteiger partial charge >= 0.3 is 0 Å². The number of rotatable bonds is 4. The van der Waals surface area contributed by atoms with Crippen LogP contribution in [0.2, 0.25) is 0 Å². The predicted octanol–water partition coefficient (Wildman–Crippen LogP) is 3.40. The molecule has 6 nitrogen and oxygen atoms in total. The summed E-state index contributed by atoms with van der Waals surface area (Å²) in [6.45, 7) is 4.68. The van der Waals surface area contributed by atoms with Crippen molar-refractivity contribution < 1.29 is 14.4 Å². The van der Waals surface area contributed by atoms with E-state index in [-0.39, 0.29) is 24.3 Å². The van der Waals surface area contributed by atoms with Crippen LogP contribution in [0.5, 0.6) is 0 Å². The minimum absolute atomic E-state index is 0.126. The maximum Gasteiger partial charge on any atom is 0.256 e. The second-order valence-corrected chi connectivity index (χ2v) is 7.92. The largest absolute Gasteiger partial charge is 0.327 e. The number of amides is 3. The van der Waals surface area contributed by atoms with Crippen molar-refractivity contribution in [2.45, 2.75) is 38.6 Å². The lowest BCUT2D eigenvalue weighted by molar-refractivity contribution is -0.124. The molecule has 29 heavy (non-hydrogen) atoms. The first-order chi connectivity index (χ1) is 14.0. The Labute approximate surface area is 170 Å². The van der Waals surface area contributed by atoms with Gasteiger partial charge in [0, 0.05) is 12.2 Å². The standard InChI is InChI=1S/C23H25N3O3/c1-15(2)16-9-11-17(12-10-16)24-21(27)14-26-19-7-4-3-6-18(19)22(28)25-13-5-8-20(25)23(26)29/h3-4,6-7,9-12,15,20H,5,8,13-14H2,1-2H3,(H,24,27). The van der Waals surface area contributed by atoms with E-state index >= 15 is 0 Å². The molecule has 2 aliphatic heterocycles. The summed E-state index contributed by atoms with van der Waals surface area (Å²) in [6, 6.07) is 14.2. The molecule has 1 saturated heterocycles. The molecule has 4 rings (SSSR count). The molecule has 1 unspecified atom stereocenters. The Kier molecular flexibility index (Phi) is 5.09. The molecule has 2 aromatic carbocycles. The quantitative estimate of drug-likeness (QED) is 0.868. The highest BCUT2D eigenvalue weighted by Gasteiger charge is 2.42. The van der Waals surface area contributed by atoms with Crippen LogP contribution in [0.1, 0.15) is 48.5 Å². The third-order valence-corrected chi connectivity index (χ3v) is 5.65. The summed E-state index contributed by atoms with van der Waals surface area (Å²) in [5.41, 5.74) is 2.86. The monoisotopic (exact) mass is 391 g/mol. The first kappa shape index (κ1) is 19.2. The number of nitrogens with one attached hydrogen (secondary N) is 1. The van der Waals surface area contributed by atoms with Gasteiger partial charge in [-0.05, 0) is 48.6 Å². The first-order valence-electron chi connectivity index (χ1n) is 10.1.